The van der Waals surface area contributed by atoms with Crippen molar-refractivity contribution in [1.82, 2.24) is 5.32 Å². The lowest BCUT2D eigenvalue weighted by atomic mass is 10.0. The van der Waals surface area contributed by atoms with Gasteiger partial charge >= 0.3 is 6.03 Å². The van der Waals surface area contributed by atoms with Crippen LogP contribution in [0.2, 0.25) is 5.02 Å². The predicted molar refractivity (Wildman–Crippen MR) is 145 cm³/mol. The van der Waals surface area contributed by atoms with Crippen molar-refractivity contribution < 1.29 is 19.1 Å². The first-order valence-corrected chi connectivity index (χ1v) is 12.2. The summed E-state index contributed by atoms with van der Waals surface area (Å²) in [4.78, 5) is 39.9. The summed E-state index contributed by atoms with van der Waals surface area (Å²) in [5, 5.41) is 4.87. The van der Waals surface area contributed by atoms with Gasteiger partial charge in [0.2, 0.25) is 0 Å². The van der Waals surface area contributed by atoms with Crippen LogP contribution in [0.5, 0.6) is 5.75 Å². The Bertz CT molecular complexity index is 1570. The summed E-state index contributed by atoms with van der Waals surface area (Å²) in [6, 6.07) is 25.3. The summed E-state index contributed by atoms with van der Waals surface area (Å²) in [6.07, 6.45) is 2.02. The van der Waals surface area contributed by atoms with Crippen molar-refractivity contribution in [1.29, 1.82) is 0 Å². The molecule has 6 nitrogen and oxygen atoms in total. The van der Waals surface area contributed by atoms with Gasteiger partial charge in [0.05, 0.1) is 5.69 Å². The number of imide groups is 2. The van der Waals surface area contributed by atoms with Crippen molar-refractivity contribution in [3.05, 3.63) is 112 Å². The molecule has 0 unspecified atom stereocenters. The highest BCUT2D eigenvalue weighted by Crippen LogP contribution is 2.30. The Kier molecular flexibility index (Phi) is 6.75. The van der Waals surface area contributed by atoms with Crippen LogP contribution in [-0.4, -0.2) is 17.8 Å². The van der Waals surface area contributed by atoms with Gasteiger partial charge in [-0.1, -0.05) is 79.2 Å². The number of nitrogens with one attached hydrogen (secondary N) is 1. The summed E-state index contributed by atoms with van der Waals surface area (Å²) in [6.45, 7) is 2.20. The van der Waals surface area contributed by atoms with Crippen molar-refractivity contribution in [3.8, 4) is 5.75 Å². The second-order valence-corrected chi connectivity index (χ2v) is 8.99. The van der Waals surface area contributed by atoms with Crippen molar-refractivity contribution in [2.45, 2.75) is 20.0 Å². The molecule has 4 aromatic rings. The highest BCUT2D eigenvalue weighted by atomic mass is 35.5. The maximum Gasteiger partial charge on any atom is 0.335 e. The van der Waals surface area contributed by atoms with Crippen LogP contribution in [0, 0.1) is 0 Å². The number of hydrogen-bond donors (Lipinski definition) is 1. The number of rotatable bonds is 6. The summed E-state index contributed by atoms with van der Waals surface area (Å²) in [7, 11) is 0. The second kappa shape index (κ2) is 10.3. The fourth-order valence-electron chi connectivity index (χ4n) is 4.40. The van der Waals surface area contributed by atoms with Crippen LogP contribution in [0.4, 0.5) is 10.5 Å². The van der Waals surface area contributed by atoms with E-state index in [0.29, 0.717) is 28.4 Å². The van der Waals surface area contributed by atoms with Crippen LogP contribution in [-0.2, 0) is 22.6 Å². The van der Waals surface area contributed by atoms with E-state index in [-0.39, 0.29) is 12.2 Å². The molecule has 0 radical (unpaired) electrons. The Morgan fingerprint density at radius 3 is 2.46 bits per heavy atom. The third-order valence-corrected chi connectivity index (χ3v) is 6.48. The highest BCUT2D eigenvalue weighted by molar-refractivity contribution is 6.39. The number of para-hydroxylation sites is 1. The lowest BCUT2D eigenvalue weighted by Crippen LogP contribution is -2.54. The normalized spacial score (nSPS) is 14.8. The molecule has 5 rings (SSSR count). The smallest absolute Gasteiger partial charge is 0.335 e. The van der Waals surface area contributed by atoms with Gasteiger partial charge in [0.15, 0.2) is 0 Å². The number of barbiturate groups is 1. The largest absolute Gasteiger partial charge is 0.488 e. The van der Waals surface area contributed by atoms with E-state index in [1.165, 1.54) is 6.08 Å². The van der Waals surface area contributed by atoms with Crippen LogP contribution in [0.15, 0.2) is 90.5 Å². The van der Waals surface area contributed by atoms with E-state index in [0.717, 1.165) is 26.8 Å². The van der Waals surface area contributed by atoms with E-state index >= 15 is 0 Å². The first-order valence-electron chi connectivity index (χ1n) is 11.8. The van der Waals surface area contributed by atoms with Crippen molar-refractivity contribution in [3.63, 3.8) is 0 Å². The first kappa shape index (κ1) is 24.3. The molecule has 1 fully saturated rings. The number of carbonyl (C=O) groups is 3. The molecule has 0 spiro atoms. The molecule has 1 aliphatic rings. The molecule has 1 N–H and O–H groups in total. The Morgan fingerprint density at radius 1 is 0.892 bits per heavy atom. The Labute approximate surface area is 219 Å². The number of benzene rings is 4. The third-order valence-electron chi connectivity index (χ3n) is 6.25. The minimum atomic E-state index is -0.786. The molecule has 4 amide bonds. The zero-order chi connectivity index (χ0) is 25.9. The SMILES string of the molecule is CCc1ccccc1N1C(=O)NC(=O)/C(=C/c2cc(Cl)ccc2OCc2cccc3ccccc23)C1=O. The van der Waals surface area contributed by atoms with Crippen molar-refractivity contribution >= 4 is 52.0 Å². The number of amides is 4. The van der Waals surface area contributed by atoms with Crippen LogP contribution < -0.4 is 15.0 Å². The van der Waals surface area contributed by atoms with Gasteiger partial charge in [-0.3, -0.25) is 14.9 Å². The van der Waals surface area contributed by atoms with Gasteiger partial charge < -0.3 is 4.74 Å². The molecule has 0 aromatic heterocycles. The van der Waals surface area contributed by atoms with Crippen molar-refractivity contribution in [2.24, 2.45) is 0 Å². The van der Waals surface area contributed by atoms with Gasteiger partial charge in [-0.2, -0.15) is 0 Å². The zero-order valence-corrected chi connectivity index (χ0v) is 20.8. The lowest BCUT2D eigenvalue weighted by molar-refractivity contribution is -0.122. The van der Waals surface area contributed by atoms with E-state index in [2.05, 4.69) is 5.32 Å². The summed E-state index contributed by atoms with van der Waals surface area (Å²) < 4.78 is 6.14. The summed E-state index contributed by atoms with van der Waals surface area (Å²) in [5.41, 5.74) is 2.49. The molecular weight excluding hydrogens is 488 g/mol. The Morgan fingerprint density at radius 2 is 1.62 bits per heavy atom. The van der Waals surface area contributed by atoms with Crippen LogP contribution in [0.1, 0.15) is 23.6 Å². The third kappa shape index (κ3) is 4.84. The molecule has 0 atom stereocenters. The summed E-state index contributed by atoms with van der Waals surface area (Å²) in [5.74, 6) is -1.04. The molecule has 1 heterocycles. The number of nitrogens with zero attached hydrogens (tertiary/aromatic N) is 1. The van der Waals surface area contributed by atoms with E-state index in [1.807, 2.05) is 61.5 Å². The molecule has 37 heavy (non-hydrogen) atoms. The maximum absolute atomic E-state index is 13.4. The van der Waals surface area contributed by atoms with E-state index in [4.69, 9.17) is 16.3 Å². The molecule has 0 aliphatic carbocycles. The number of halogens is 1. The lowest BCUT2D eigenvalue weighted by Gasteiger charge is -2.28. The molecule has 4 aromatic carbocycles. The molecule has 7 heteroatoms. The zero-order valence-electron chi connectivity index (χ0n) is 20.0. The Balaban J connectivity index is 1.50. The molecular formula is C30H23ClN2O4. The van der Waals surface area contributed by atoms with Crippen LogP contribution >= 0.6 is 11.6 Å². The minimum absolute atomic E-state index is 0.192. The highest BCUT2D eigenvalue weighted by Gasteiger charge is 2.37. The topological polar surface area (TPSA) is 75.7 Å². The average molecular weight is 511 g/mol. The fraction of sp³-hybridized carbons (Fsp3) is 0.100. The molecule has 0 saturated carbocycles. The molecule has 0 bridgehead atoms. The van der Waals surface area contributed by atoms with Gasteiger partial charge in [-0.05, 0) is 58.7 Å². The second-order valence-electron chi connectivity index (χ2n) is 8.55. The van der Waals surface area contributed by atoms with Gasteiger partial charge in [0, 0.05) is 10.6 Å². The van der Waals surface area contributed by atoms with Crippen molar-refractivity contribution in [2.75, 3.05) is 4.90 Å². The molecule has 1 aliphatic heterocycles. The number of aryl methyl sites for hydroxylation is 1. The molecule has 1 saturated heterocycles. The van der Waals surface area contributed by atoms with Gasteiger partial charge in [0.1, 0.15) is 17.9 Å². The number of urea groups is 1. The summed E-state index contributed by atoms with van der Waals surface area (Å²) >= 11 is 6.26. The minimum Gasteiger partial charge on any atom is -0.488 e. The average Bonchev–Trinajstić information content (AvgIpc) is 2.90. The quantitative estimate of drug-likeness (QED) is 0.244. The van der Waals surface area contributed by atoms with Gasteiger partial charge in [0.25, 0.3) is 11.8 Å². The van der Waals surface area contributed by atoms with Crippen LogP contribution in [0.3, 0.4) is 0 Å². The number of fused-ring (bicyclic) bond motifs is 1. The van der Waals surface area contributed by atoms with E-state index in [1.54, 1.807) is 30.3 Å². The monoisotopic (exact) mass is 510 g/mol. The predicted octanol–water partition coefficient (Wildman–Crippen LogP) is 6.30. The number of ether oxygens (including phenoxy) is 1. The molecule has 184 valence electrons. The van der Waals surface area contributed by atoms with Gasteiger partial charge in [-0.15, -0.1) is 0 Å². The maximum atomic E-state index is 13.4. The number of carbonyl (C=O) groups excluding carboxylic acids is 3. The standard InChI is InChI=1S/C30H23ClN2O4/c1-2-19-8-4-6-13-26(19)33-29(35)25(28(34)32-30(33)36)17-22-16-23(31)14-15-27(22)37-18-21-11-7-10-20-9-3-5-12-24(20)21/h3-17H,2,18H2,1H3,(H,32,34,36)/b25-17-. The van der Waals surface area contributed by atoms with Crippen LogP contribution in [0.25, 0.3) is 16.8 Å². The first-order chi connectivity index (χ1) is 18.0. The van der Waals surface area contributed by atoms with E-state index < -0.39 is 17.8 Å². The Hall–Kier alpha value is -4.42. The van der Waals surface area contributed by atoms with Gasteiger partial charge in [-0.25, -0.2) is 9.69 Å². The number of anilines is 1. The number of hydrogen-bond acceptors (Lipinski definition) is 4. The fourth-order valence-corrected chi connectivity index (χ4v) is 4.58. The van der Waals surface area contributed by atoms with E-state index in [9.17, 15) is 14.4 Å².